The van der Waals surface area contributed by atoms with Gasteiger partial charge in [0.1, 0.15) is 11.7 Å². The molecule has 0 saturated carbocycles. The zero-order chi connectivity index (χ0) is 22.8. The molecule has 0 spiro atoms. The molecule has 1 heterocycles. The minimum absolute atomic E-state index is 0.00709. The molecule has 6 heteroatoms. The first-order chi connectivity index (χ1) is 15.4. The van der Waals surface area contributed by atoms with Gasteiger partial charge in [-0.05, 0) is 49.9 Å². The van der Waals surface area contributed by atoms with Gasteiger partial charge >= 0.3 is 5.97 Å². The largest absolute Gasteiger partial charge is 0.496 e. The Morgan fingerprint density at radius 2 is 1.84 bits per heavy atom. The predicted octanol–water partition coefficient (Wildman–Crippen LogP) is 5.49. The van der Waals surface area contributed by atoms with E-state index in [-0.39, 0.29) is 24.3 Å². The van der Waals surface area contributed by atoms with E-state index in [1.165, 1.54) is 0 Å². The summed E-state index contributed by atoms with van der Waals surface area (Å²) < 4.78 is 11.0. The average Bonchev–Trinajstić information content (AvgIpc) is 2.78. The lowest BCUT2D eigenvalue weighted by Gasteiger charge is -2.37. The molecule has 2 aromatic rings. The van der Waals surface area contributed by atoms with Crippen LogP contribution in [-0.4, -0.2) is 31.2 Å². The van der Waals surface area contributed by atoms with Crippen LogP contribution in [0.25, 0.3) is 0 Å². The molecule has 0 N–H and O–H groups in total. The molecule has 0 radical (unpaired) electrons. The summed E-state index contributed by atoms with van der Waals surface area (Å²) in [6.45, 7) is 3.88. The maximum atomic E-state index is 13.5. The number of ether oxygens (including phenoxy) is 2. The highest BCUT2D eigenvalue weighted by Crippen LogP contribution is 2.48. The minimum Gasteiger partial charge on any atom is -0.496 e. The van der Waals surface area contributed by atoms with Crippen LogP contribution in [0.5, 0.6) is 5.75 Å². The number of esters is 1. The number of hydrogen-bond donors (Lipinski definition) is 0. The molecule has 0 bridgehead atoms. The van der Waals surface area contributed by atoms with Gasteiger partial charge in [0.05, 0.1) is 13.7 Å². The molecule has 1 aliphatic carbocycles. The number of ketones is 1. The first-order valence-corrected chi connectivity index (χ1v) is 11.2. The second kappa shape index (κ2) is 9.29. The van der Waals surface area contributed by atoms with E-state index < -0.39 is 11.8 Å². The number of halogens is 1. The van der Waals surface area contributed by atoms with Gasteiger partial charge < -0.3 is 9.47 Å². The van der Waals surface area contributed by atoms with Gasteiger partial charge in [0.15, 0.2) is 5.78 Å². The number of carbonyl (C=O) groups is 2. The van der Waals surface area contributed by atoms with Crippen LogP contribution in [0.15, 0.2) is 64.8 Å². The van der Waals surface area contributed by atoms with Gasteiger partial charge in [-0.3, -0.25) is 14.6 Å². The summed E-state index contributed by atoms with van der Waals surface area (Å²) in [6.07, 6.45) is 0.984. The summed E-state index contributed by atoms with van der Waals surface area (Å²) in [5.41, 5.74) is 3.86. The number of carbonyl (C=O) groups excluding carboxylic acids is 2. The zero-order valence-electron chi connectivity index (χ0n) is 18.4. The Kier molecular flexibility index (Phi) is 6.47. The van der Waals surface area contributed by atoms with Crippen LogP contribution in [0.3, 0.4) is 0 Å². The number of nitrogens with zero attached hydrogens (tertiary/aromatic N) is 1. The van der Waals surface area contributed by atoms with Crippen molar-refractivity contribution in [1.29, 1.82) is 0 Å². The fourth-order valence-electron chi connectivity index (χ4n) is 4.83. The predicted molar refractivity (Wildman–Crippen MR) is 124 cm³/mol. The second-order valence-corrected chi connectivity index (χ2v) is 8.58. The summed E-state index contributed by atoms with van der Waals surface area (Å²) in [6, 6.07) is 15.1. The Balaban J connectivity index is 1.82. The summed E-state index contributed by atoms with van der Waals surface area (Å²) in [4.78, 5) is 31.3. The van der Waals surface area contributed by atoms with Crippen molar-refractivity contribution in [2.75, 3.05) is 13.7 Å². The quantitative estimate of drug-likeness (QED) is 0.564. The molecule has 32 heavy (non-hydrogen) atoms. The lowest BCUT2D eigenvalue weighted by Crippen LogP contribution is -2.38. The molecule has 0 saturated heterocycles. The Morgan fingerprint density at radius 3 is 2.53 bits per heavy atom. The van der Waals surface area contributed by atoms with Gasteiger partial charge in [0.2, 0.25) is 0 Å². The van der Waals surface area contributed by atoms with Crippen molar-refractivity contribution in [2.45, 2.75) is 38.5 Å². The van der Waals surface area contributed by atoms with Crippen LogP contribution >= 0.6 is 11.6 Å². The SMILES string of the molecule is CCOC(=O)C1C(C)=NC2=C(C(=O)C[C@@H](c3ccc(Cl)cc3)C2)[C@@H]1c1ccccc1OC. The molecule has 3 atom stereocenters. The Labute approximate surface area is 193 Å². The lowest BCUT2D eigenvalue weighted by atomic mass is 9.69. The van der Waals surface area contributed by atoms with E-state index in [0.29, 0.717) is 34.9 Å². The Morgan fingerprint density at radius 1 is 1.12 bits per heavy atom. The molecule has 0 amide bonds. The fourth-order valence-corrected chi connectivity index (χ4v) is 4.95. The molecule has 4 rings (SSSR count). The highest BCUT2D eigenvalue weighted by Gasteiger charge is 2.45. The maximum Gasteiger partial charge on any atom is 0.315 e. The number of allylic oxidation sites excluding steroid dienone is 2. The van der Waals surface area contributed by atoms with E-state index in [4.69, 9.17) is 26.1 Å². The monoisotopic (exact) mass is 451 g/mol. The third-order valence-electron chi connectivity index (χ3n) is 6.24. The molecule has 2 aliphatic rings. The number of methoxy groups -OCH3 is 1. The summed E-state index contributed by atoms with van der Waals surface area (Å²) in [7, 11) is 1.59. The number of Topliss-reactive ketones (excluding diaryl/α,β-unsaturated/α-hetero) is 1. The van der Waals surface area contributed by atoms with Crippen LogP contribution in [-0.2, 0) is 14.3 Å². The minimum atomic E-state index is -0.666. The first kappa shape index (κ1) is 22.3. The third-order valence-corrected chi connectivity index (χ3v) is 6.50. The van der Waals surface area contributed by atoms with Crippen molar-refractivity contribution < 1.29 is 19.1 Å². The molecule has 1 unspecified atom stereocenters. The smallest absolute Gasteiger partial charge is 0.315 e. The van der Waals surface area contributed by atoms with E-state index in [0.717, 1.165) is 16.8 Å². The van der Waals surface area contributed by atoms with Gasteiger partial charge in [-0.2, -0.15) is 0 Å². The number of rotatable bonds is 5. The number of benzene rings is 2. The summed E-state index contributed by atoms with van der Waals surface area (Å²) in [5, 5.41) is 0.663. The highest BCUT2D eigenvalue weighted by atomic mass is 35.5. The van der Waals surface area contributed by atoms with Crippen LogP contribution in [0.1, 0.15) is 49.7 Å². The van der Waals surface area contributed by atoms with E-state index >= 15 is 0 Å². The van der Waals surface area contributed by atoms with Gasteiger partial charge in [0, 0.05) is 39.9 Å². The van der Waals surface area contributed by atoms with E-state index in [1.807, 2.05) is 55.5 Å². The Hall–Kier alpha value is -2.92. The van der Waals surface area contributed by atoms with E-state index in [2.05, 4.69) is 0 Å². The number of para-hydroxylation sites is 1. The van der Waals surface area contributed by atoms with E-state index in [1.54, 1.807) is 14.0 Å². The molecule has 1 aliphatic heterocycles. The fraction of sp³-hybridized carbons (Fsp3) is 0.346. The number of aliphatic imine (C=N–C) groups is 1. The van der Waals surface area contributed by atoms with Crippen LogP contribution in [0.2, 0.25) is 5.02 Å². The normalized spacial score (nSPS) is 22.8. The maximum absolute atomic E-state index is 13.5. The van der Waals surface area contributed by atoms with Gasteiger partial charge in [-0.25, -0.2) is 0 Å². The molecular formula is C26H26ClNO4. The third kappa shape index (κ3) is 4.09. The standard InChI is InChI=1S/C26H26ClNO4/c1-4-32-26(30)23-15(2)28-20-13-17(16-9-11-18(27)12-10-16)14-21(29)25(20)24(23)19-7-5-6-8-22(19)31-3/h5-12,17,23-24H,4,13-14H2,1-3H3/t17-,23?,24+/m0/s1. The van der Waals surface area contributed by atoms with Gasteiger partial charge in [-0.15, -0.1) is 0 Å². The summed E-state index contributed by atoms with van der Waals surface area (Å²) in [5.74, 6) is -0.859. The van der Waals surface area contributed by atoms with E-state index in [9.17, 15) is 9.59 Å². The highest BCUT2D eigenvalue weighted by molar-refractivity contribution is 6.30. The van der Waals surface area contributed by atoms with Crippen molar-refractivity contribution >= 4 is 29.1 Å². The lowest BCUT2D eigenvalue weighted by molar-refractivity contribution is -0.146. The first-order valence-electron chi connectivity index (χ1n) is 10.8. The zero-order valence-corrected chi connectivity index (χ0v) is 19.2. The summed E-state index contributed by atoms with van der Waals surface area (Å²) >= 11 is 6.04. The van der Waals surface area contributed by atoms with Gasteiger partial charge in [0.25, 0.3) is 0 Å². The Bertz CT molecular complexity index is 1100. The second-order valence-electron chi connectivity index (χ2n) is 8.14. The molecule has 2 aromatic carbocycles. The van der Waals surface area contributed by atoms with Crippen molar-refractivity contribution in [2.24, 2.45) is 10.9 Å². The van der Waals surface area contributed by atoms with Crippen LogP contribution < -0.4 is 4.74 Å². The average molecular weight is 452 g/mol. The molecule has 5 nitrogen and oxygen atoms in total. The topological polar surface area (TPSA) is 65.0 Å². The molecule has 166 valence electrons. The van der Waals surface area contributed by atoms with Crippen molar-refractivity contribution in [3.05, 3.63) is 76.0 Å². The molecular weight excluding hydrogens is 426 g/mol. The van der Waals surface area contributed by atoms with Crippen molar-refractivity contribution in [3.8, 4) is 5.75 Å². The van der Waals surface area contributed by atoms with Crippen LogP contribution in [0, 0.1) is 5.92 Å². The van der Waals surface area contributed by atoms with Gasteiger partial charge in [-0.1, -0.05) is 41.9 Å². The molecule has 0 fully saturated rings. The molecule has 0 aromatic heterocycles. The van der Waals surface area contributed by atoms with Crippen LogP contribution in [0.4, 0.5) is 0 Å². The number of hydrogen-bond acceptors (Lipinski definition) is 5. The van der Waals surface area contributed by atoms with Crippen molar-refractivity contribution in [3.63, 3.8) is 0 Å². The van der Waals surface area contributed by atoms with Crippen molar-refractivity contribution in [1.82, 2.24) is 0 Å².